The van der Waals surface area contributed by atoms with Gasteiger partial charge in [0.1, 0.15) is 5.82 Å². The van der Waals surface area contributed by atoms with E-state index in [-0.39, 0.29) is 15.3 Å². The van der Waals surface area contributed by atoms with E-state index in [9.17, 15) is 8.42 Å². The smallest absolute Gasteiger partial charge is 0.292 e. The summed E-state index contributed by atoms with van der Waals surface area (Å²) in [5.41, 5.74) is 5.31. The zero-order valence-corrected chi connectivity index (χ0v) is 10.6. The Morgan fingerprint density at radius 3 is 2.65 bits per heavy atom. The van der Waals surface area contributed by atoms with Crippen LogP contribution < -0.4 is 10.5 Å². The van der Waals surface area contributed by atoms with Gasteiger partial charge in [-0.25, -0.2) is 4.98 Å². The van der Waals surface area contributed by atoms with E-state index in [1.54, 1.807) is 0 Å². The van der Waals surface area contributed by atoms with Crippen LogP contribution in [0.2, 0.25) is 5.02 Å². The second-order valence-electron chi connectivity index (χ2n) is 2.87. The van der Waals surface area contributed by atoms with Gasteiger partial charge in [0.2, 0.25) is 5.13 Å². The van der Waals surface area contributed by atoms with Crippen molar-refractivity contribution in [1.29, 1.82) is 0 Å². The van der Waals surface area contributed by atoms with Crippen LogP contribution in [0.25, 0.3) is 0 Å². The molecule has 0 bridgehead atoms. The first-order chi connectivity index (χ1) is 7.97. The summed E-state index contributed by atoms with van der Waals surface area (Å²) in [7, 11) is -3.80. The predicted molar refractivity (Wildman–Crippen MR) is 64.4 cm³/mol. The zero-order valence-electron chi connectivity index (χ0n) is 8.16. The quantitative estimate of drug-likeness (QED) is 0.871. The highest BCUT2D eigenvalue weighted by Gasteiger charge is 2.20. The largest absolute Gasteiger partial charge is 0.374 e. The summed E-state index contributed by atoms with van der Waals surface area (Å²) < 4.78 is 25.6. The molecular formula is C7H6ClN5O2S2. The summed E-state index contributed by atoms with van der Waals surface area (Å²) in [5, 5.41) is 7.35. The number of rotatable bonds is 3. The summed E-state index contributed by atoms with van der Waals surface area (Å²) in [4.78, 5) is 3.80. The SMILES string of the molecule is Nc1nnc(S(=O)(=O)Nc2ccc(Cl)cn2)s1. The lowest BCUT2D eigenvalue weighted by Gasteiger charge is -2.03. The number of nitrogens with two attached hydrogens (primary N) is 1. The number of pyridine rings is 1. The Bertz CT molecular complexity index is 624. The number of nitrogens with zero attached hydrogens (tertiary/aromatic N) is 3. The van der Waals surface area contributed by atoms with E-state index < -0.39 is 10.0 Å². The molecule has 0 aliphatic rings. The van der Waals surface area contributed by atoms with Crippen molar-refractivity contribution in [2.24, 2.45) is 0 Å². The van der Waals surface area contributed by atoms with Crippen molar-refractivity contribution in [2.75, 3.05) is 10.5 Å². The second-order valence-corrected chi connectivity index (χ2v) is 6.18. The lowest BCUT2D eigenvalue weighted by atomic mass is 10.5. The van der Waals surface area contributed by atoms with E-state index >= 15 is 0 Å². The first-order valence-electron chi connectivity index (χ1n) is 4.21. The van der Waals surface area contributed by atoms with Crippen molar-refractivity contribution in [3.63, 3.8) is 0 Å². The van der Waals surface area contributed by atoms with Crippen molar-refractivity contribution in [2.45, 2.75) is 4.34 Å². The van der Waals surface area contributed by atoms with E-state index in [1.807, 2.05) is 0 Å². The third-order valence-electron chi connectivity index (χ3n) is 1.62. The third kappa shape index (κ3) is 2.81. The fourth-order valence-electron chi connectivity index (χ4n) is 0.946. The Hall–Kier alpha value is -1.45. The molecule has 0 unspecified atom stereocenters. The van der Waals surface area contributed by atoms with Crippen LogP contribution in [0.15, 0.2) is 22.7 Å². The highest BCUT2D eigenvalue weighted by atomic mass is 35.5. The highest BCUT2D eigenvalue weighted by molar-refractivity contribution is 7.94. The van der Waals surface area contributed by atoms with Gasteiger partial charge in [-0.2, -0.15) is 8.42 Å². The molecule has 2 aromatic heterocycles. The van der Waals surface area contributed by atoms with E-state index in [4.69, 9.17) is 17.3 Å². The number of halogens is 1. The maximum Gasteiger partial charge on any atom is 0.292 e. The van der Waals surface area contributed by atoms with Crippen LogP contribution in [-0.4, -0.2) is 23.6 Å². The van der Waals surface area contributed by atoms with Gasteiger partial charge in [-0.3, -0.25) is 4.72 Å². The zero-order chi connectivity index (χ0) is 12.5. The van der Waals surface area contributed by atoms with Crippen LogP contribution in [-0.2, 0) is 10.0 Å². The normalized spacial score (nSPS) is 11.4. The van der Waals surface area contributed by atoms with Gasteiger partial charge in [-0.1, -0.05) is 22.9 Å². The molecule has 2 heterocycles. The van der Waals surface area contributed by atoms with Crippen LogP contribution in [0.5, 0.6) is 0 Å². The predicted octanol–water partition coefficient (Wildman–Crippen LogP) is 0.969. The Morgan fingerprint density at radius 1 is 1.35 bits per heavy atom. The first-order valence-corrected chi connectivity index (χ1v) is 6.88. The lowest BCUT2D eigenvalue weighted by molar-refractivity contribution is 0.599. The van der Waals surface area contributed by atoms with Gasteiger partial charge >= 0.3 is 0 Å². The third-order valence-corrected chi connectivity index (χ3v) is 4.32. The van der Waals surface area contributed by atoms with Crippen LogP contribution in [0.4, 0.5) is 10.9 Å². The van der Waals surface area contributed by atoms with Crippen molar-refractivity contribution in [1.82, 2.24) is 15.2 Å². The highest BCUT2D eigenvalue weighted by Crippen LogP contribution is 2.20. The van der Waals surface area contributed by atoms with Gasteiger partial charge in [0, 0.05) is 6.20 Å². The van der Waals surface area contributed by atoms with E-state index in [0.717, 1.165) is 11.3 Å². The Kier molecular flexibility index (Phi) is 3.13. The molecule has 0 spiro atoms. The molecule has 10 heteroatoms. The van der Waals surface area contributed by atoms with Gasteiger partial charge < -0.3 is 5.73 Å². The van der Waals surface area contributed by atoms with E-state index in [2.05, 4.69) is 19.9 Å². The van der Waals surface area contributed by atoms with Gasteiger partial charge in [-0.05, 0) is 12.1 Å². The number of hydrogen-bond acceptors (Lipinski definition) is 7. The molecule has 0 aliphatic heterocycles. The molecule has 3 N–H and O–H groups in total. The monoisotopic (exact) mass is 291 g/mol. The van der Waals surface area contributed by atoms with Crippen LogP contribution >= 0.6 is 22.9 Å². The summed E-state index contributed by atoms with van der Waals surface area (Å²) in [5.74, 6) is 0.142. The molecule has 0 saturated heterocycles. The number of anilines is 2. The molecule has 0 aliphatic carbocycles. The maximum atomic E-state index is 11.8. The van der Waals surface area contributed by atoms with Crippen LogP contribution in [0.3, 0.4) is 0 Å². The second kappa shape index (κ2) is 4.43. The van der Waals surface area contributed by atoms with Gasteiger partial charge in [0.15, 0.2) is 0 Å². The Balaban J connectivity index is 2.26. The lowest BCUT2D eigenvalue weighted by Crippen LogP contribution is -2.13. The van der Waals surface area contributed by atoms with Gasteiger partial charge in [0.05, 0.1) is 5.02 Å². The van der Waals surface area contributed by atoms with Gasteiger partial charge in [0.25, 0.3) is 14.4 Å². The Morgan fingerprint density at radius 2 is 2.12 bits per heavy atom. The minimum Gasteiger partial charge on any atom is -0.374 e. The van der Waals surface area contributed by atoms with Crippen molar-refractivity contribution in [3.8, 4) is 0 Å². The molecule has 0 radical (unpaired) electrons. The van der Waals surface area contributed by atoms with Crippen molar-refractivity contribution >= 4 is 43.9 Å². The minimum absolute atomic E-state index is 0.0782. The number of nitrogens with one attached hydrogen (secondary N) is 1. The van der Waals surface area contributed by atoms with Crippen molar-refractivity contribution < 1.29 is 8.42 Å². The molecule has 17 heavy (non-hydrogen) atoms. The standard InChI is InChI=1S/C7H6ClN5O2S2/c8-4-1-2-5(10-3-4)13-17(14,15)7-12-11-6(9)16-7/h1-3H,(H2,9,11)(H,10,13). The summed E-state index contributed by atoms with van der Waals surface area (Å²) in [6, 6.07) is 2.95. The van der Waals surface area contributed by atoms with Gasteiger partial charge in [-0.15, -0.1) is 10.2 Å². The molecule has 0 aromatic carbocycles. The summed E-state index contributed by atoms with van der Waals surface area (Å²) in [6.07, 6.45) is 1.33. The molecule has 0 amide bonds. The maximum absolute atomic E-state index is 11.8. The average molecular weight is 292 g/mol. The molecule has 0 fully saturated rings. The molecule has 2 aromatic rings. The molecule has 7 nitrogen and oxygen atoms in total. The van der Waals surface area contributed by atoms with Crippen LogP contribution in [0, 0.1) is 0 Å². The summed E-state index contributed by atoms with van der Waals surface area (Å²) in [6.45, 7) is 0. The molecule has 90 valence electrons. The molecule has 0 atom stereocenters. The number of nitrogen functional groups attached to an aromatic ring is 1. The Labute approximate surface area is 106 Å². The number of hydrogen-bond donors (Lipinski definition) is 2. The van der Waals surface area contributed by atoms with Crippen molar-refractivity contribution in [3.05, 3.63) is 23.4 Å². The molecular weight excluding hydrogens is 286 g/mol. The topological polar surface area (TPSA) is 111 Å². The van der Waals surface area contributed by atoms with E-state index in [1.165, 1.54) is 18.3 Å². The minimum atomic E-state index is -3.80. The van der Waals surface area contributed by atoms with E-state index in [0.29, 0.717) is 5.02 Å². The average Bonchev–Trinajstić information content (AvgIpc) is 2.69. The molecule has 2 rings (SSSR count). The van der Waals surface area contributed by atoms with Crippen LogP contribution in [0.1, 0.15) is 0 Å². The number of aromatic nitrogens is 3. The fraction of sp³-hybridized carbons (Fsp3) is 0. The summed E-state index contributed by atoms with van der Waals surface area (Å²) >= 11 is 6.40. The number of sulfonamides is 1. The fourth-order valence-corrected chi connectivity index (χ4v) is 2.85. The molecule has 0 saturated carbocycles. The first kappa shape index (κ1) is 12.0.